The lowest BCUT2D eigenvalue weighted by molar-refractivity contribution is 0.624. The largest absolute Gasteiger partial charge is 0.398 e. The first kappa shape index (κ1) is 12.4. The van der Waals surface area contributed by atoms with Crippen LogP contribution in [0.15, 0.2) is 36.4 Å². The van der Waals surface area contributed by atoms with Crippen molar-refractivity contribution < 1.29 is 4.39 Å². The van der Waals surface area contributed by atoms with E-state index in [2.05, 4.69) is 5.32 Å². The Morgan fingerprint density at radius 2 is 1.53 bits per heavy atom. The van der Waals surface area contributed by atoms with Crippen LogP contribution in [0.2, 0.25) is 0 Å². The minimum absolute atomic E-state index is 0.0408. The maximum atomic E-state index is 13.2. The third-order valence-electron chi connectivity index (χ3n) is 2.55. The summed E-state index contributed by atoms with van der Waals surface area (Å²) in [6, 6.07) is 12.8. The summed E-state index contributed by atoms with van der Waals surface area (Å²) in [5.41, 5.74) is 7.52. The number of halogens is 1. The van der Waals surface area contributed by atoms with E-state index in [1.54, 1.807) is 24.3 Å². The van der Waals surface area contributed by atoms with E-state index in [0.29, 0.717) is 22.6 Å². The number of nitriles is 2. The lowest BCUT2D eigenvalue weighted by Gasteiger charge is -2.08. The molecule has 0 aliphatic carbocycles. The van der Waals surface area contributed by atoms with Crippen LogP contribution in [-0.4, -0.2) is 0 Å². The molecule has 0 fully saturated rings. The third-order valence-corrected chi connectivity index (χ3v) is 2.55. The molecule has 5 heteroatoms. The summed E-state index contributed by atoms with van der Waals surface area (Å²) in [7, 11) is 0. The summed E-state index contributed by atoms with van der Waals surface area (Å²) in [5.74, 6) is -0.567. The Morgan fingerprint density at radius 3 is 2.16 bits per heavy atom. The van der Waals surface area contributed by atoms with Crippen molar-refractivity contribution in [3.05, 3.63) is 53.3 Å². The molecule has 2 aromatic carbocycles. The van der Waals surface area contributed by atoms with Crippen molar-refractivity contribution in [3.63, 3.8) is 0 Å². The quantitative estimate of drug-likeness (QED) is 0.804. The van der Waals surface area contributed by atoms with Gasteiger partial charge >= 0.3 is 0 Å². The van der Waals surface area contributed by atoms with E-state index >= 15 is 0 Å². The normalized spacial score (nSPS) is 9.42. The van der Waals surface area contributed by atoms with E-state index < -0.39 is 5.82 Å². The molecule has 3 N–H and O–H groups in total. The topological polar surface area (TPSA) is 85.6 Å². The molecule has 0 saturated carbocycles. The summed E-state index contributed by atoms with van der Waals surface area (Å²) in [6.45, 7) is 0. The van der Waals surface area contributed by atoms with Gasteiger partial charge < -0.3 is 11.1 Å². The second-order valence-electron chi connectivity index (χ2n) is 3.85. The maximum absolute atomic E-state index is 13.2. The third kappa shape index (κ3) is 2.62. The molecule has 0 aromatic heterocycles. The van der Waals surface area contributed by atoms with Crippen molar-refractivity contribution in [2.24, 2.45) is 0 Å². The van der Waals surface area contributed by atoms with E-state index in [1.807, 2.05) is 6.07 Å². The number of hydrogen-bond acceptors (Lipinski definition) is 4. The number of nitrogen functional groups attached to an aromatic ring is 1. The fraction of sp³-hybridized carbons (Fsp3) is 0. The summed E-state index contributed by atoms with van der Waals surface area (Å²) in [4.78, 5) is 0. The van der Waals surface area contributed by atoms with Crippen molar-refractivity contribution in [2.75, 3.05) is 11.1 Å². The van der Waals surface area contributed by atoms with Gasteiger partial charge in [-0.3, -0.25) is 0 Å². The van der Waals surface area contributed by atoms with Crippen LogP contribution in [-0.2, 0) is 0 Å². The molecule has 19 heavy (non-hydrogen) atoms. The minimum Gasteiger partial charge on any atom is -0.398 e. The highest BCUT2D eigenvalue weighted by atomic mass is 19.1. The molecule has 0 amide bonds. The van der Waals surface area contributed by atoms with Crippen LogP contribution in [0, 0.1) is 28.5 Å². The second-order valence-corrected chi connectivity index (χ2v) is 3.85. The Kier molecular flexibility index (Phi) is 3.31. The lowest BCUT2D eigenvalue weighted by atomic mass is 10.1. The molecule has 2 aromatic rings. The van der Waals surface area contributed by atoms with Gasteiger partial charge in [-0.05, 0) is 36.4 Å². The van der Waals surface area contributed by atoms with Gasteiger partial charge in [0, 0.05) is 17.1 Å². The highest BCUT2D eigenvalue weighted by Gasteiger charge is 2.04. The Morgan fingerprint density at radius 1 is 0.947 bits per heavy atom. The van der Waals surface area contributed by atoms with E-state index in [-0.39, 0.29) is 5.56 Å². The van der Waals surface area contributed by atoms with Gasteiger partial charge in [0.15, 0.2) is 0 Å². The van der Waals surface area contributed by atoms with Crippen LogP contribution < -0.4 is 11.1 Å². The van der Waals surface area contributed by atoms with E-state index in [4.69, 9.17) is 16.3 Å². The summed E-state index contributed by atoms with van der Waals surface area (Å²) >= 11 is 0. The Bertz CT molecular complexity index is 649. The van der Waals surface area contributed by atoms with Crippen molar-refractivity contribution in [3.8, 4) is 12.1 Å². The predicted octanol–water partition coefficient (Wildman–Crippen LogP) is 2.89. The molecule has 0 atom stereocenters. The first-order chi connectivity index (χ1) is 9.13. The van der Waals surface area contributed by atoms with Crippen molar-refractivity contribution in [2.45, 2.75) is 0 Å². The number of rotatable bonds is 2. The number of hydrogen-bond donors (Lipinski definition) is 2. The van der Waals surface area contributed by atoms with Crippen molar-refractivity contribution in [1.29, 1.82) is 10.5 Å². The molecular weight excluding hydrogens is 243 g/mol. The van der Waals surface area contributed by atoms with Crippen LogP contribution in [0.5, 0.6) is 0 Å². The maximum Gasteiger partial charge on any atom is 0.141 e. The molecule has 0 radical (unpaired) electrons. The van der Waals surface area contributed by atoms with E-state index in [9.17, 15) is 4.39 Å². The highest BCUT2D eigenvalue weighted by molar-refractivity contribution is 5.67. The molecule has 0 aliphatic heterocycles. The Labute approximate surface area is 109 Å². The zero-order valence-corrected chi connectivity index (χ0v) is 9.81. The number of nitrogens with zero attached hydrogens (tertiary/aromatic N) is 2. The summed E-state index contributed by atoms with van der Waals surface area (Å²) in [5, 5.41) is 20.6. The molecule has 0 aliphatic rings. The van der Waals surface area contributed by atoms with Gasteiger partial charge in [0.25, 0.3) is 0 Å². The number of benzene rings is 2. The average molecular weight is 252 g/mol. The van der Waals surface area contributed by atoms with Gasteiger partial charge in [-0.2, -0.15) is 10.5 Å². The molecule has 0 unspecified atom stereocenters. The fourth-order valence-corrected chi connectivity index (χ4v) is 1.59. The number of nitrogens with one attached hydrogen (secondary N) is 1. The summed E-state index contributed by atoms with van der Waals surface area (Å²) in [6.07, 6.45) is 0. The van der Waals surface area contributed by atoms with Crippen molar-refractivity contribution >= 4 is 17.1 Å². The average Bonchev–Trinajstić information content (AvgIpc) is 2.43. The van der Waals surface area contributed by atoms with Gasteiger partial charge in [0.1, 0.15) is 18.0 Å². The molecule has 92 valence electrons. The van der Waals surface area contributed by atoms with Crippen LogP contribution >= 0.6 is 0 Å². The molecule has 0 saturated heterocycles. The first-order valence-electron chi connectivity index (χ1n) is 5.40. The van der Waals surface area contributed by atoms with Gasteiger partial charge in [-0.25, -0.2) is 4.39 Å². The van der Waals surface area contributed by atoms with Crippen molar-refractivity contribution in [1.82, 2.24) is 0 Å². The van der Waals surface area contributed by atoms with Gasteiger partial charge in [0.2, 0.25) is 0 Å². The molecule has 2 rings (SSSR count). The van der Waals surface area contributed by atoms with Gasteiger partial charge in [-0.15, -0.1) is 0 Å². The van der Waals surface area contributed by atoms with Gasteiger partial charge in [0.05, 0.1) is 11.1 Å². The zero-order valence-electron chi connectivity index (χ0n) is 9.81. The molecular formula is C14H9FN4. The SMILES string of the molecule is N#Cc1cc(Nc2ccc(F)c(C#N)c2)ccc1N. The standard InChI is InChI=1S/C14H9FN4/c15-13-3-1-11(5-9(13)7-16)19-12-2-4-14(18)10(6-12)8-17/h1-6,19H,18H2. The minimum atomic E-state index is -0.567. The summed E-state index contributed by atoms with van der Waals surface area (Å²) < 4.78 is 13.2. The molecule has 4 nitrogen and oxygen atoms in total. The predicted molar refractivity (Wildman–Crippen MR) is 70.0 cm³/mol. The molecule has 0 bridgehead atoms. The lowest BCUT2D eigenvalue weighted by Crippen LogP contribution is -1.95. The first-order valence-corrected chi connectivity index (χ1v) is 5.40. The Hall–Kier alpha value is -3.05. The Balaban J connectivity index is 2.32. The van der Waals surface area contributed by atoms with E-state index in [0.717, 1.165) is 0 Å². The van der Waals surface area contributed by atoms with E-state index in [1.165, 1.54) is 18.2 Å². The molecule has 0 spiro atoms. The van der Waals surface area contributed by atoms with Crippen LogP contribution in [0.3, 0.4) is 0 Å². The zero-order chi connectivity index (χ0) is 13.8. The number of nitrogens with two attached hydrogens (primary N) is 1. The highest BCUT2D eigenvalue weighted by Crippen LogP contribution is 2.22. The fourth-order valence-electron chi connectivity index (χ4n) is 1.59. The second kappa shape index (κ2) is 5.07. The monoisotopic (exact) mass is 252 g/mol. The molecule has 0 heterocycles. The number of anilines is 3. The smallest absolute Gasteiger partial charge is 0.141 e. The van der Waals surface area contributed by atoms with Crippen LogP contribution in [0.1, 0.15) is 11.1 Å². The van der Waals surface area contributed by atoms with Gasteiger partial charge in [-0.1, -0.05) is 0 Å². The van der Waals surface area contributed by atoms with Crippen LogP contribution in [0.25, 0.3) is 0 Å². The van der Waals surface area contributed by atoms with Crippen LogP contribution in [0.4, 0.5) is 21.5 Å².